The predicted molar refractivity (Wildman–Crippen MR) is 88.6 cm³/mol. The molecule has 1 aromatic carbocycles. The molecule has 0 saturated carbocycles. The molecule has 0 radical (unpaired) electrons. The molecule has 5 nitrogen and oxygen atoms in total. The Morgan fingerprint density at radius 2 is 2.32 bits per heavy atom. The molecule has 1 amide bonds. The van der Waals surface area contributed by atoms with E-state index < -0.39 is 6.04 Å². The van der Waals surface area contributed by atoms with Crippen molar-refractivity contribution in [1.82, 2.24) is 15.2 Å². The van der Waals surface area contributed by atoms with E-state index in [4.69, 9.17) is 5.73 Å². The molecule has 1 aromatic heterocycles. The smallest absolute Gasteiger partial charge is 0.237 e. The molecule has 0 unspecified atom stereocenters. The number of rotatable bonds is 5. The van der Waals surface area contributed by atoms with Crippen LogP contribution in [0.25, 0.3) is 10.9 Å². The number of carbonyl (C=O) groups excluding carboxylic acids is 1. The average molecular weight is 300 g/mol. The highest BCUT2D eigenvalue weighted by Crippen LogP contribution is 2.19. The van der Waals surface area contributed by atoms with Gasteiger partial charge in [-0.3, -0.25) is 4.79 Å². The molecule has 0 spiro atoms. The Morgan fingerprint density at radius 1 is 1.50 bits per heavy atom. The monoisotopic (exact) mass is 300 g/mol. The number of hydrogen-bond donors (Lipinski definition) is 3. The molecule has 2 heterocycles. The van der Waals surface area contributed by atoms with Crippen LogP contribution in [0.15, 0.2) is 30.5 Å². The lowest BCUT2D eigenvalue weighted by Gasteiger charge is -2.17. The molecule has 1 aliphatic rings. The molecular weight excluding hydrogens is 276 g/mol. The van der Waals surface area contributed by atoms with Gasteiger partial charge in [0, 0.05) is 36.2 Å². The first-order chi connectivity index (χ1) is 10.7. The summed E-state index contributed by atoms with van der Waals surface area (Å²) in [5, 5.41) is 4.23. The number of aromatic nitrogens is 1. The lowest BCUT2D eigenvalue weighted by molar-refractivity contribution is -0.122. The minimum absolute atomic E-state index is 0.0479. The number of nitrogens with zero attached hydrogens (tertiary/aromatic N) is 1. The average Bonchev–Trinajstić information content (AvgIpc) is 3.14. The number of nitrogens with two attached hydrogens (primary N) is 1. The summed E-state index contributed by atoms with van der Waals surface area (Å²) in [6, 6.07) is 7.82. The van der Waals surface area contributed by atoms with Crippen molar-refractivity contribution in [3.05, 3.63) is 36.0 Å². The van der Waals surface area contributed by atoms with Gasteiger partial charge in [-0.1, -0.05) is 25.1 Å². The van der Waals surface area contributed by atoms with E-state index >= 15 is 0 Å². The molecule has 1 saturated heterocycles. The summed E-state index contributed by atoms with van der Waals surface area (Å²) in [5.41, 5.74) is 8.29. The van der Waals surface area contributed by atoms with E-state index in [1.54, 1.807) is 0 Å². The molecular formula is C17H24N4O. The van der Waals surface area contributed by atoms with E-state index in [0.29, 0.717) is 6.42 Å². The number of H-pyrrole nitrogens is 1. The summed E-state index contributed by atoms with van der Waals surface area (Å²) < 4.78 is 0. The Bertz CT molecular complexity index is 651. The normalized spacial score (nSPS) is 20.4. The molecule has 118 valence electrons. The minimum atomic E-state index is -0.505. The molecule has 22 heavy (non-hydrogen) atoms. The van der Waals surface area contributed by atoms with Crippen molar-refractivity contribution in [3.63, 3.8) is 0 Å². The lowest BCUT2D eigenvalue weighted by atomic mass is 10.0. The van der Waals surface area contributed by atoms with Crippen LogP contribution in [0.3, 0.4) is 0 Å². The van der Waals surface area contributed by atoms with Crippen LogP contribution in [-0.4, -0.2) is 47.5 Å². The predicted octanol–water partition coefficient (Wildman–Crippen LogP) is 1.25. The van der Waals surface area contributed by atoms with Crippen LogP contribution in [0.1, 0.15) is 18.9 Å². The van der Waals surface area contributed by atoms with Crippen molar-refractivity contribution < 1.29 is 4.79 Å². The van der Waals surface area contributed by atoms with Gasteiger partial charge in [-0.25, -0.2) is 0 Å². The Morgan fingerprint density at radius 3 is 3.09 bits per heavy atom. The molecule has 0 bridgehead atoms. The first-order valence-corrected chi connectivity index (χ1v) is 8.00. The van der Waals surface area contributed by atoms with Crippen LogP contribution in [0.4, 0.5) is 0 Å². The Hall–Kier alpha value is -1.85. The molecule has 0 aliphatic carbocycles. The number of amides is 1. The van der Waals surface area contributed by atoms with Crippen LogP contribution in [0.2, 0.25) is 0 Å². The van der Waals surface area contributed by atoms with Gasteiger partial charge in [0.15, 0.2) is 0 Å². The molecule has 2 atom stereocenters. The zero-order valence-corrected chi connectivity index (χ0v) is 13.0. The molecule has 4 N–H and O–H groups in total. The molecule has 2 aromatic rings. The number of aromatic amines is 1. The molecule has 1 fully saturated rings. The van der Waals surface area contributed by atoms with Gasteiger partial charge in [0.2, 0.25) is 5.91 Å². The van der Waals surface area contributed by atoms with Crippen LogP contribution in [0, 0.1) is 0 Å². The zero-order chi connectivity index (χ0) is 15.5. The van der Waals surface area contributed by atoms with Gasteiger partial charge in [-0.15, -0.1) is 0 Å². The van der Waals surface area contributed by atoms with Gasteiger partial charge in [-0.2, -0.15) is 0 Å². The van der Waals surface area contributed by atoms with E-state index in [-0.39, 0.29) is 11.9 Å². The Labute approximate surface area is 130 Å². The molecule has 1 aliphatic heterocycles. The van der Waals surface area contributed by atoms with Crippen LogP contribution in [-0.2, 0) is 11.2 Å². The highest BCUT2D eigenvalue weighted by Gasteiger charge is 2.25. The SMILES string of the molecule is CCN1CC[C@H](NC(=O)[C@@H](N)Cc2c[nH]c3ccccc23)C1. The quantitative estimate of drug-likeness (QED) is 0.778. The Kier molecular flexibility index (Phi) is 4.45. The first kappa shape index (κ1) is 15.1. The largest absolute Gasteiger partial charge is 0.361 e. The second-order valence-electron chi connectivity index (χ2n) is 6.06. The number of likely N-dealkylation sites (tertiary alicyclic amines) is 1. The third-order valence-electron chi connectivity index (χ3n) is 4.52. The number of nitrogens with one attached hydrogen (secondary N) is 2. The van der Waals surface area contributed by atoms with E-state index in [2.05, 4.69) is 28.2 Å². The summed E-state index contributed by atoms with van der Waals surface area (Å²) in [4.78, 5) is 17.9. The number of likely N-dealkylation sites (N-methyl/N-ethyl adjacent to an activating group) is 1. The van der Waals surface area contributed by atoms with Crippen molar-refractivity contribution in [2.24, 2.45) is 5.73 Å². The van der Waals surface area contributed by atoms with Crippen molar-refractivity contribution >= 4 is 16.8 Å². The van der Waals surface area contributed by atoms with Gasteiger partial charge in [-0.05, 0) is 31.0 Å². The Balaban J connectivity index is 1.59. The maximum absolute atomic E-state index is 12.3. The molecule has 3 rings (SSSR count). The van der Waals surface area contributed by atoms with Gasteiger partial charge in [0.25, 0.3) is 0 Å². The second-order valence-corrected chi connectivity index (χ2v) is 6.06. The molecule has 5 heteroatoms. The second kappa shape index (κ2) is 6.50. The third-order valence-corrected chi connectivity index (χ3v) is 4.52. The fraction of sp³-hybridized carbons (Fsp3) is 0.471. The standard InChI is InChI=1S/C17H24N4O/c1-2-21-8-7-13(11-21)20-17(22)15(18)9-12-10-19-16-6-4-3-5-14(12)16/h3-6,10,13,15,19H,2,7-9,11,18H2,1H3,(H,20,22)/t13-,15-/m0/s1. The van der Waals surface area contributed by atoms with Crippen molar-refractivity contribution in [3.8, 4) is 0 Å². The van der Waals surface area contributed by atoms with E-state index in [1.807, 2.05) is 24.4 Å². The number of para-hydroxylation sites is 1. The number of carbonyl (C=O) groups is 1. The highest BCUT2D eigenvalue weighted by molar-refractivity contribution is 5.86. The van der Waals surface area contributed by atoms with E-state index in [9.17, 15) is 4.79 Å². The van der Waals surface area contributed by atoms with Gasteiger partial charge in [0.05, 0.1) is 6.04 Å². The summed E-state index contributed by atoms with van der Waals surface area (Å²) in [6.07, 6.45) is 3.52. The van der Waals surface area contributed by atoms with Gasteiger partial charge >= 0.3 is 0 Å². The van der Waals surface area contributed by atoms with E-state index in [0.717, 1.165) is 42.5 Å². The number of fused-ring (bicyclic) bond motifs is 1. The summed E-state index contributed by atoms with van der Waals surface area (Å²) in [7, 11) is 0. The van der Waals surface area contributed by atoms with Gasteiger partial charge < -0.3 is 20.9 Å². The highest BCUT2D eigenvalue weighted by atomic mass is 16.2. The van der Waals surface area contributed by atoms with Crippen molar-refractivity contribution in [1.29, 1.82) is 0 Å². The number of benzene rings is 1. The maximum atomic E-state index is 12.3. The summed E-state index contributed by atoms with van der Waals surface area (Å²) in [6.45, 7) is 5.17. The third kappa shape index (κ3) is 3.15. The topological polar surface area (TPSA) is 74.2 Å². The number of hydrogen-bond acceptors (Lipinski definition) is 3. The first-order valence-electron chi connectivity index (χ1n) is 8.00. The van der Waals surface area contributed by atoms with Crippen LogP contribution < -0.4 is 11.1 Å². The van der Waals surface area contributed by atoms with Crippen molar-refractivity contribution in [2.45, 2.75) is 31.8 Å². The van der Waals surface area contributed by atoms with Crippen LogP contribution in [0.5, 0.6) is 0 Å². The van der Waals surface area contributed by atoms with Crippen LogP contribution >= 0.6 is 0 Å². The minimum Gasteiger partial charge on any atom is -0.361 e. The maximum Gasteiger partial charge on any atom is 0.237 e. The fourth-order valence-electron chi connectivity index (χ4n) is 3.18. The zero-order valence-electron chi connectivity index (χ0n) is 13.0. The fourth-order valence-corrected chi connectivity index (χ4v) is 3.18. The van der Waals surface area contributed by atoms with Crippen molar-refractivity contribution in [2.75, 3.05) is 19.6 Å². The van der Waals surface area contributed by atoms with Gasteiger partial charge in [0.1, 0.15) is 0 Å². The summed E-state index contributed by atoms with van der Waals surface area (Å²) in [5.74, 6) is -0.0479. The summed E-state index contributed by atoms with van der Waals surface area (Å²) >= 11 is 0. The van der Waals surface area contributed by atoms with E-state index in [1.165, 1.54) is 0 Å². The lowest BCUT2D eigenvalue weighted by Crippen LogP contribution is -2.47.